The minimum atomic E-state index is -5.12. The second kappa shape index (κ2) is 19.3. The van der Waals surface area contributed by atoms with Gasteiger partial charge in [0.1, 0.15) is 12.2 Å². The zero-order chi connectivity index (χ0) is 45.2. The molecule has 0 bridgehead atoms. The van der Waals surface area contributed by atoms with Crippen molar-refractivity contribution in [3.63, 3.8) is 0 Å². The van der Waals surface area contributed by atoms with Crippen molar-refractivity contribution in [1.29, 1.82) is 0 Å². The van der Waals surface area contributed by atoms with Crippen molar-refractivity contribution in [2.75, 3.05) is 85.8 Å². The number of piperidine rings is 1. The number of ether oxygens (including phenoxy) is 3. The number of likely N-dealkylation sites (tertiary alicyclic amines) is 1. The Hall–Kier alpha value is -3.93. The number of rotatable bonds is 12. The number of fused-ring (bicyclic) bond motifs is 2. The van der Waals surface area contributed by atoms with Crippen LogP contribution in [0.25, 0.3) is 0 Å². The highest BCUT2D eigenvalue weighted by atomic mass is 35.5. The maximum Gasteiger partial charge on any atom is 0.416 e. The van der Waals surface area contributed by atoms with E-state index >= 15 is 0 Å². The Balaban J connectivity index is 1.02. The first-order valence-corrected chi connectivity index (χ1v) is 21.8. The molecule has 0 saturated carbocycles. The Morgan fingerprint density at radius 2 is 1.51 bits per heavy atom. The first kappa shape index (κ1) is 47.0. The molecule has 0 N–H and O–H groups in total. The van der Waals surface area contributed by atoms with Gasteiger partial charge in [0.05, 0.1) is 53.6 Å². The third-order valence-corrected chi connectivity index (χ3v) is 13.7. The van der Waals surface area contributed by atoms with Crippen molar-refractivity contribution < 1.29 is 54.9 Å². The molecule has 63 heavy (non-hydrogen) atoms. The lowest BCUT2D eigenvalue weighted by Gasteiger charge is -2.46. The van der Waals surface area contributed by atoms with Gasteiger partial charge in [0.2, 0.25) is 11.8 Å². The van der Waals surface area contributed by atoms with Crippen LogP contribution in [0.1, 0.15) is 70.3 Å². The highest BCUT2D eigenvalue weighted by Gasteiger charge is 2.50. The third-order valence-electron chi connectivity index (χ3n) is 13.0. The molecule has 3 aliphatic heterocycles. The van der Waals surface area contributed by atoms with Crippen molar-refractivity contribution in [2.45, 2.75) is 68.0 Å². The lowest BCUT2D eigenvalue weighted by atomic mass is 9.72. The first-order chi connectivity index (χ1) is 29.9. The van der Waals surface area contributed by atoms with Gasteiger partial charge in [-0.05, 0) is 92.2 Å². The number of hydrogen-bond acceptors (Lipinski definition) is 7. The van der Waals surface area contributed by atoms with Gasteiger partial charge in [0, 0.05) is 57.2 Å². The quantitative estimate of drug-likeness (QED) is 0.171. The van der Waals surface area contributed by atoms with E-state index in [0.717, 1.165) is 0 Å². The van der Waals surface area contributed by atoms with Crippen LogP contribution in [0.2, 0.25) is 10.0 Å². The number of morpholine rings is 2. The average molecular weight is 928 g/mol. The van der Waals surface area contributed by atoms with Crippen LogP contribution in [0.5, 0.6) is 0 Å². The molecule has 0 unspecified atom stereocenters. The predicted molar refractivity (Wildman–Crippen MR) is 223 cm³/mol. The number of halogens is 8. The number of alkyl halides is 6. The Labute approximate surface area is 372 Å². The first-order valence-electron chi connectivity index (χ1n) is 21.1. The summed E-state index contributed by atoms with van der Waals surface area (Å²) in [6.45, 7) is 4.00. The van der Waals surface area contributed by atoms with E-state index in [1.807, 2.05) is 12.1 Å². The molecule has 4 aliphatic rings. The maximum atomic E-state index is 13.9. The Bertz CT molecular complexity index is 2110. The second-order valence-electron chi connectivity index (χ2n) is 16.8. The standard InChI is InChI=1S/C45H50Cl2F6N4O6/c1-54(13-4-7-39(58)56-17-20-61-21-18-56)40(59)28-62-38-25-30-5-2-3-6-35(30)42(38)10-14-55(15-11-42)16-12-43(32-8-9-36(46)37(47)27-32)29-57(19-22-63-43)41(60)31-23-33(44(48,49)50)26-34(24-31)45(51,52)53/h2-3,5-6,8-9,23-24,26-27,38H,4,7,10-22,25,28-29H2,1H3/t38-,43-/m0/s1. The minimum absolute atomic E-state index is 0.00294. The summed E-state index contributed by atoms with van der Waals surface area (Å²) in [6, 6.07) is 14.0. The van der Waals surface area contributed by atoms with Gasteiger partial charge in [-0.1, -0.05) is 53.5 Å². The highest BCUT2D eigenvalue weighted by molar-refractivity contribution is 6.42. The predicted octanol–water partition coefficient (Wildman–Crippen LogP) is 7.86. The lowest BCUT2D eigenvalue weighted by Crippen LogP contribution is -2.54. The average Bonchev–Trinajstić information content (AvgIpc) is 3.57. The van der Waals surface area contributed by atoms with Crippen LogP contribution < -0.4 is 0 Å². The number of carbonyl (C=O) groups excluding carboxylic acids is 3. The van der Waals surface area contributed by atoms with Gasteiger partial charge in [-0.2, -0.15) is 26.3 Å². The van der Waals surface area contributed by atoms with Gasteiger partial charge in [-0.15, -0.1) is 0 Å². The Kier molecular flexibility index (Phi) is 14.4. The van der Waals surface area contributed by atoms with Gasteiger partial charge >= 0.3 is 12.4 Å². The van der Waals surface area contributed by atoms with Crippen LogP contribution in [0.15, 0.2) is 60.7 Å². The Morgan fingerprint density at radius 3 is 2.17 bits per heavy atom. The fraction of sp³-hybridized carbons (Fsp3) is 0.533. The molecule has 0 aromatic heterocycles. The molecule has 2 atom stereocenters. The molecule has 3 aromatic carbocycles. The monoisotopic (exact) mass is 926 g/mol. The smallest absolute Gasteiger partial charge is 0.378 e. The van der Waals surface area contributed by atoms with Gasteiger partial charge in [0.25, 0.3) is 5.91 Å². The number of benzene rings is 3. The molecule has 3 saturated heterocycles. The van der Waals surface area contributed by atoms with Gasteiger partial charge < -0.3 is 33.8 Å². The van der Waals surface area contributed by atoms with E-state index in [1.54, 1.807) is 35.0 Å². The van der Waals surface area contributed by atoms with E-state index in [0.29, 0.717) is 109 Å². The zero-order valence-electron chi connectivity index (χ0n) is 34.8. The van der Waals surface area contributed by atoms with Crippen molar-refractivity contribution in [2.24, 2.45) is 0 Å². The maximum absolute atomic E-state index is 13.9. The van der Waals surface area contributed by atoms with Crippen LogP contribution in [0.3, 0.4) is 0 Å². The van der Waals surface area contributed by atoms with Crippen LogP contribution in [-0.4, -0.2) is 129 Å². The molecular weight excluding hydrogens is 877 g/mol. The highest BCUT2D eigenvalue weighted by Crippen LogP contribution is 2.48. The largest absolute Gasteiger partial charge is 0.416 e. The molecule has 3 heterocycles. The van der Waals surface area contributed by atoms with Crippen molar-refractivity contribution >= 4 is 40.9 Å². The lowest BCUT2D eigenvalue weighted by molar-refractivity contribution is -0.143. The molecule has 10 nitrogen and oxygen atoms in total. The summed E-state index contributed by atoms with van der Waals surface area (Å²) >= 11 is 12.7. The second-order valence-corrected chi connectivity index (χ2v) is 17.6. The van der Waals surface area contributed by atoms with Crippen LogP contribution >= 0.6 is 23.2 Å². The summed E-state index contributed by atoms with van der Waals surface area (Å²) in [5.74, 6) is -1.10. The van der Waals surface area contributed by atoms with Crippen LogP contribution in [-0.2, 0) is 53.6 Å². The molecular formula is C45H50Cl2F6N4O6. The summed E-state index contributed by atoms with van der Waals surface area (Å²) in [7, 11) is 1.72. The summed E-state index contributed by atoms with van der Waals surface area (Å²) in [5.41, 5.74) is -2.57. The third kappa shape index (κ3) is 10.6. The van der Waals surface area contributed by atoms with E-state index in [1.165, 1.54) is 16.0 Å². The molecule has 18 heteroatoms. The fourth-order valence-electron chi connectivity index (χ4n) is 9.39. The fourth-order valence-corrected chi connectivity index (χ4v) is 9.69. The molecule has 3 amide bonds. The van der Waals surface area contributed by atoms with E-state index in [2.05, 4.69) is 17.0 Å². The van der Waals surface area contributed by atoms with Gasteiger partial charge in [-0.25, -0.2) is 0 Å². The van der Waals surface area contributed by atoms with E-state index < -0.39 is 40.6 Å². The molecule has 0 radical (unpaired) electrons. The van der Waals surface area contributed by atoms with Crippen molar-refractivity contribution in [3.8, 4) is 0 Å². The number of hydrogen-bond donors (Lipinski definition) is 0. The summed E-state index contributed by atoms with van der Waals surface area (Å²) in [5, 5.41) is 0.477. The number of likely N-dealkylation sites (N-methyl/N-ethyl adjacent to an activating group) is 1. The Morgan fingerprint density at radius 1 is 0.841 bits per heavy atom. The van der Waals surface area contributed by atoms with Crippen molar-refractivity contribution in [3.05, 3.63) is 104 Å². The minimum Gasteiger partial charge on any atom is -0.378 e. The normalized spacial score (nSPS) is 21.7. The van der Waals surface area contributed by atoms with Crippen molar-refractivity contribution in [1.82, 2.24) is 19.6 Å². The van der Waals surface area contributed by atoms with E-state index in [9.17, 15) is 40.7 Å². The SMILES string of the molecule is CN(CCCC(=O)N1CCOCC1)C(=O)CO[C@H]1Cc2ccccc2C12CCN(CC[C@@]1(c3ccc(Cl)c(Cl)c3)CN(C(=O)c3cc(C(F)(F)F)cc(C(F)(F)F)c3)CCO1)CC2. The number of carbonyl (C=O) groups is 3. The molecule has 3 aromatic rings. The van der Waals surface area contributed by atoms with Gasteiger partial charge in [-0.3, -0.25) is 14.4 Å². The molecule has 342 valence electrons. The summed E-state index contributed by atoms with van der Waals surface area (Å²) in [6.07, 6.45) is -7.23. The summed E-state index contributed by atoms with van der Waals surface area (Å²) in [4.78, 5) is 46.6. The van der Waals surface area contributed by atoms with E-state index in [4.69, 9.17) is 37.4 Å². The number of amides is 3. The number of nitrogens with zero attached hydrogens (tertiary/aromatic N) is 4. The molecule has 3 fully saturated rings. The molecule has 1 aliphatic carbocycles. The molecule has 1 spiro atoms. The zero-order valence-corrected chi connectivity index (χ0v) is 36.4. The van der Waals surface area contributed by atoms with Crippen LogP contribution in [0.4, 0.5) is 26.3 Å². The van der Waals surface area contributed by atoms with Crippen LogP contribution in [0, 0.1) is 0 Å². The summed E-state index contributed by atoms with van der Waals surface area (Å²) < 4.78 is 101. The topological polar surface area (TPSA) is 91.9 Å². The van der Waals surface area contributed by atoms with Gasteiger partial charge in [0.15, 0.2) is 0 Å². The molecule has 7 rings (SSSR count). The van der Waals surface area contributed by atoms with E-state index in [-0.39, 0.29) is 65.7 Å².